The van der Waals surface area contributed by atoms with Gasteiger partial charge in [-0.15, -0.1) is 0 Å². The highest BCUT2D eigenvalue weighted by molar-refractivity contribution is 7.99. The lowest BCUT2D eigenvalue weighted by Gasteiger charge is -2.17. The minimum Gasteiger partial charge on any atom is -0.353 e. The molecule has 0 fully saturated rings. The molecule has 0 aliphatic heterocycles. The molecule has 0 spiro atoms. The molecular formula is C21H28ClN3O2S. The first-order valence-electron chi connectivity index (χ1n) is 9.48. The summed E-state index contributed by atoms with van der Waals surface area (Å²) in [6.45, 7) is 8.10. The molecule has 0 aliphatic rings. The third-order valence-corrected chi connectivity index (χ3v) is 6.02. The number of amides is 1. The second-order valence-corrected chi connectivity index (χ2v) is 8.61. The molecule has 0 aliphatic carbocycles. The maximum atomic E-state index is 12.9. The topological polar surface area (TPSA) is 64.0 Å². The van der Waals surface area contributed by atoms with Gasteiger partial charge in [0.25, 0.3) is 5.56 Å². The highest BCUT2D eigenvalue weighted by Crippen LogP contribution is 2.19. The average molecular weight is 422 g/mol. The van der Waals surface area contributed by atoms with Gasteiger partial charge in [0.1, 0.15) is 0 Å². The summed E-state index contributed by atoms with van der Waals surface area (Å²) in [7, 11) is 1.70. The number of benzene rings is 1. The summed E-state index contributed by atoms with van der Waals surface area (Å²) < 4.78 is 1.53. The third kappa shape index (κ3) is 5.85. The number of carbonyl (C=O) groups is 1. The maximum absolute atomic E-state index is 12.9. The van der Waals surface area contributed by atoms with Gasteiger partial charge in [0.15, 0.2) is 5.16 Å². The number of hydrogen-bond acceptors (Lipinski definition) is 4. The Morgan fingerprint density at radius 2 is 2.04 bits per heavy atom. The molecular weight excluding hydrogens is 394 g/mol. The van der Waals surface area contributed by atoms with Crippen molar-refractivity contribution in [3.63, 3.8) is 0 Å². The normalized spacial score (nSPS) is 12.2. The van der Waals surface area contributed by atoms with Crippen molar-refractivity contribution in [1.29, 1.82) is 0 Å². The summed E-state index contributed by atoms with van der Waals surface area (Å²) >= 11 is 7.36. The van der Waals surface area contributed by atoms with Crippen LogP contribution in [0.4, 0.5) is 0 Å². The zero-order valence-corrected chi connectivity index (χ0v) is 18.7. The summed E-state index contributed by atoms with van der Waals surface area (Å²) in [5.74, 6) is 0.545. The van der Waals surface area contributed by atoms with Crippen molar-refractivity contribution in [2.75, 3.05) is 5.75 Å². The van der Waals surface area contributed by atoms with Crippen molar-refractivity contribution in [1.82, 2.24) is 14.9 Å². The Kier molecular flexibility index (Phi) is 8.13. The third-order valence-electron chi connectivity index (χ3n) is 4.75. The van der Waals surface area contributed by atoms with Gasteiger partial charge in [-0.2, -0.15) is 0 Å². The van der Waals surface area contributed by atoms with Crippen molar-refractivity contribution < 1.29 is 4.79 Å². The Balaban J connectivity index is 2.21. The molecule has 1 aromatic carbocycles. The molecule has 0 saturated carbocycles. The fraction of sp³-hybridized carbons (Fsp3) is 0.476. The Bertz CT molecular complexity index is 896. The van der Waals surface area contributed by atoms with E-state index in [9.17, 15) is 9.59 Å². The van der Waals surface area contributed by atoms with E-state index in [-0.39, 0.29) is 23.3 Å². The van der Waals surface area contributed by atoms with Crippen LogP contribution in [0.15, 0.2) is 34.2 Å². The summed E-state index contributed by atoms with van der Waals surface area (Å²) in [6, 6.07) is 7.61. The lowest BCUT2D eigenvalue weighted by atomic mass is 10.0. The van der Waals surface area contributed by atoms with Gasteiger partial charge in [0.2, 0.25) is 5.91 Å². The second-order valence-electron chi connectivity index (χ2n) is 7.23. The number of carbonyl (C=O) groups excluding carboxylic acids is 1. The number of rotatable bonds is 8. The first kappa shape index (κ1) is 22.5. The molecule has 2 aromatic rings. The summed E-state index contributed by atoms with van der Waals surface area (Å²) in [4.78, 5) is 29.8. The minimum atomic E-state index is -0.0784. The number of aryl methyl sites for hydroxylation is 1. The van der Waals surface area contributed by atoms with Crippen LogP contribution in [0, 0.1) is 5.92 Å². The molecule has 0 bridgehead atoms. The quantitative estimate of drug-likeness (QED) is 0.519. The lowest BCUT2D eigenvalue weighted by molar-refractivity contribution is -0.119. The molecule has 1 atom stereocenters. The van der Waals surface area contributed by atoms with Gasteiger partial charge in [-0.3, -0.25) is 14.2 Å². The largest absolute Gasteiger partial charge is 0.353 e. The maximum Gasteiger partial charge on any atom is 0.257 e. The van der Waals surface area contributed by atoms with Gasteiger partial charge < -0.3 is 5.32 Å². The van der Waals surface area contributed by atoms with Crippen molar-refractivity contribution in [3.05, 3.63) is 56.5 Å². The predicted octanol–water partition coefficient (Wildman–Crippen LogP) is 3.84. The van der Waals surface area contributed by atoms with Gasteiger partial charge in [-0.1, -0.05) is 56.3 Å². The Hall–Kier alpha value is -1.79. The molecule has 1 N–H and O–H groups in total. The summed E-state index contributed by atoms with van der Waals surface area (Å²) in [5, 5.41) is 4.18. The van der Waals surface area contributed by atoms with Gasteiger partial charge in [0, 0.05) is 30.1 Å². The van der Waals surface area contributed by atoms with Crippen molar-refractivity contribution in [2.45, 2.75) is 51.7 Å². The van der Waals surface area contributed by atoms with Crippen LogP contribution >= 0.6 is 23.4 Å². The van der Waals surface area contributed by atoms with Crippen LogP contribution in [0.3, 0.4) is 0 Å². The number of nitrogens with zero attached hydrogens (tertiary/aromatic N) is 2. The van der Waals surface area contributed by atoms with Crippen molar-refractivity contribution in [2.24, 2.45) is 13.0 Å². The molecule has 7 heteroatoms. The highest BCUT2D eigenvalue weighted by atomic mass is 35.5. The van der Waals surface area contributed by atoms with Crippen LogP contribution in [-0.4, -0.2) is 27.3 Å². The highest BCUT2D eigenvalue weighted by Gasteiger charge is 2.17. The number of hydrogen-bond donors (Lipinski definition) is 1. The Morgan fingerprint density at radius 1 is 1.32 bits per heavy atom. The number of halogens is 1. The molecule has 1 amide bonds. The predicted molar refractivity (Wildman–Crippen MR) is 116 cm³/mol. The van der Waals surface area contributed by atoms with Crippen LogP contribution in [-0.2, 0) is 24.7 Å². The van der Waals surface area contributed by atoms with E-state index in [1.807, 2.05) is 38.1 Å². The molecule has 0 radical (unpaired) electrons. The van der Waals surface area contributed by atoms with E-state index < -0.39 is 0 Å². The van der Waals surface area contributed by atoms with E-state index in [0.29, 0.717) is 34.5 Å². The molecule has 1 unspecified atom stereocenters. The Labute approximate surface area is 175 Å². The van der Waals surface area contributed by atoms with Crippen LogP contribution in [0.25, 0.3) is 0 Å². The standard InChI is InChI=1S/C21H28ClN3O2S/c1-6-18-17(11-15-8-7-9-16(22)10-15)20(27)25(5)21(24-18)28-12-19(26)23-14(4)13(2)3/h7-10,13-14H,6,11-12H2,1-5H3,(H,23,26). The SMILES string of the molecule is CCc1nc(SCC(=O)NC(C)C(C)C)n(C)c(=O)c1Cc1cccc(Cl)c1. The van der Waals surface area contributed by atoms with Gasteiger partial charge in [0.05, 0.1) is 11.4 Å². The molecule has 2 rings (SSSR count). The molecule has 0 saturated heterocycles. The van der Waals surface area contributed by atoms with E-state index in [2.05, 4.69) is 24.1 Å². The lowest BCUT2D eigenvalue weighted by Crippen LogP contribution is -2.37. The van der Waals surface area contributed by atoms with Crippen LogP contribution < -0.4 is 10.9 Å². The number of aromatic nitrogens is 2. The van der Waals surface area contributed by atoms with Crippen molar-refractivity contribution >= 4 is 29.3 Å². The van der Waals surface area contributed by atoms with Crippen molar-refractivity contribution in [3.8, 4) is 0 Å². The average Bonchev–Trinajstić information content (AvgIpc) is 2.64. The zero-order valence-electron chi connectivity index (χ0n) is 17.1. The second kappa shape index (κ2) is 10.1. The zero-order chi connectivity index (χ0) is 20.8. The van der Waals surface area contributed by atoms with Crippen LogP contribution in [0.5, 0.6) is 0 Å². The van der Waals surface area contributed by atoms with Crippen LogP contribution in [0.2, 0.25) is 5.02 Å². The molecule has 5 nitrogen and oxygen atoms in total. The summed E-state index contributed by atoms with van der Waals surface area (Å²) in [5.41, 5.74) is 2.34. The van der Waals surface area contributed by atoms with Gasteiger partial charge in [-0.25, -0.2) is 4.98 Å². The van der Waals surface area contributed by atoms with Crippen LogP contribution in [0.1, 0.15) is 44.5 Å². The fourth-order valence-electron chi connectivity index (χ4n) is 2.71. The van der Waals surface area contributed by atoms with Gasteiger partial charge in [-0.05, 0) is 37.0 Å². The first-order valence-corrected chi connectivity index (χ1v) is 10.8. The Morgan fingerprint density at radius 3 is 2.64 bits per heavy atom. The van der Waals surface area contributed by atoms with Gasteiger partial charge >= 0.3 is 0 Å². The minimum absolute atomic E-state index is 0.0542. The number of nitrogens with one attached hydrogen (secondary N) is 1. The molecule has 1 aromatic heterocycles. The van der Waals surface area contributed by atoms with E-state index in [1.54, 1.807) is 7.05 Å². The fourth-order valence-corrected chi connectivity index (χ4v) is 3.72. The summed E-state index contributed by atoms with van der Waals surface area (Å²) in [6.07, 6.45) is 1.14. The van der Waals surface area contributed by atoms with E-state index in [1.165, 1.54) is 16.3 Å². The van der Waals surface area contributed by atoms with E-state index >= 15 is 0 Å². The van der Waals surface area contributed by atoms with E-state index in [0.717, 1.165) is 11.3 Å². The van der Waals surface area contributed by atoms with E-state index in [4.69, 9.17) is 11.6 Å². The molecule has 28 heavy (non-hydrogen) atoms. The number of thioether (sulfide) groups is 1. The smallest absolute Gasteiger partial charge is 0.257 e. The first-order chi connectivity index (χ1) is 13.2. The molecule has 1 heterocycles. The molecule has 152 valence electrons. The monoisotopic (exact) mass is 421 g/mol.